The van der Waals surface area contributed by atoms with Crippen LogP contribution in [0.1, 0.15) is 153 Å². The Labute approximate surface area is 328 Å². The third-order valence-electron chi connectivity index (χ3n) is 9.81. The van der Waals surface area contributed by atoms with Gasteiger partial charge in [0.25, 0.3) is 0 Å². The number of carboxylic acids is 1. The van der Waals surface area contributed by atoms with Crippen LogP contribution in [-0.2, 0) is 28.7 Å². The van der Waals surface area contributed by atoms with Crippen LogP contribution < -0.4 is 16.0 Å². The maximum atomic E-state index is 12.4. The van der Waals surface area contributed by atoms with Crippen LogP contribution in [0.2, 0.25) is 0 Å². The summed E-state index contributed by atoms with van der Waals surface area (Å²) in [6.45, 7) is 6.20. The lowest BCUT2D eigenvalue weighted by Crippen LogP contribution is -2.42. The summed E-state index contributed by atoms with van der Waals surface area (Å²) in [6, 6.07) is 15.0. The number of nitrogens with one attached hydrogen (secondary N) is 3. The van der Waals surface area contributed by atoms with Crippen LogP contribution in [0.15, 0.2) is 48.5 Å². The number of carbonyl (C=O) groups excluding carboxylic acids is 4. The number of carbonyl (C=O) groups is 5. The molecule has 11 heteroatoms. The topological polar surface area (TPSA) is 160 Å². The first kappa shape index (κ1) is 45.0. The Kier molecular flexibility index (Phi) is 20.4. The van der Waals surface area contributed by atoms with Crippen LogP contribution in [0.3, 0.4) is 0 Å². The van der Waals surface area contributed by atoms with Gasteiger partial charge in [-0.3, -0.25) is 14.4 Å². The van der Waals surface area contributed by atoms with Gasteiger partial charge in [-0.25, -0.2) is 9.59 Å². The monoisotopic (exact) mass is 763 g/mol. The average molecular weight is 764 g/mol. The highest BCUT2D eigenvalue weighted by atomic mass is 16.6. The molecule has 3 rings (SSSR count). The van der Waals surface area contributed by atoms with Gasteiger partial charge in [-0.15, -0.1) is 0 Å². The number of hydrogen-bond acceptors (Lipinski definition) is 7. The molecule has 3 amide bonds. The highest BCUT2D eigenvalue weighted by Gasteiger charge is 2.29. The molecule has 1 aliphatic carbocycles. The molecular formula is C44H65N3O8. The highest BCUT2D eigenvalue weighted by Crippen LogP contribution is 2.44. The van der Waals surface area contributed by atoms with Crippen LogP contribution in [-0.4, -0.2) is 66.3 Å². The smallest absolute Gasteiger partial charge is 0.407 e. The van der Waals surface area contributed by atoms with E-state index in [4.69, 9.17) is 9.47 Å². The van der Waals surface area contributed by atoms with Crippen molar-refractivity contribution in [3.05, 3.63) is 59.7 Å². The van der Waals surface area contributed by atoms with Gasteiger partial charge in [0, 0.05) is 38.3 Å². The van der Waals surface area contributed by atoms with Gasteiger partial charge >= 0.3 is 18.0 Å². The number of alkyl carbamates (subject to hydrolysis) is 1. The van der Waals surface area contributed by atoms with Gasteiger partial charge in [0.1, 0.15) is 18.2 Å². The third kappa shape index (κ3) is 18.2. The molecule has 11 nitrogen and oxygen atoms in total. The lowest BCUT2D eigenvalue weighted by Gasteiger charge is -2.19. The molecular weight excluding hydrogens is 698 g/mol. The quantitative estimate of drug-likeness (QED) is 0.0520. The van der Waals surface area contributed by atoms with Crippen molar-refractivity contribution in [3.63, 3.8) is 0 Å². The van der Waals surface area contributed by atoms with Gasteiger partial charge in [-0.1, -0.05) is 126 Å². The molecule has 304 valence electrons. The molecule has 0 saturated heterocycles. The van der Waals surface area contributed by atoms with E-state index < -0.39 is 23.7 Å². The second-order valence-electron chi connectivity index (χ2n) is 15.6. The molecule has 55 heavy (non-hydrogen) atoms. The van der Waals surface area contributed by atoms with E-state index in [0.717, 1.165) is 54.4 Å². The molecule has 1 unspecified atom stereocenters. The summed E-state index contributed by atoms with van der Waals surface area (Å²) in [7, 11) is 0. The van der Waals surface area contributed by atoms with Crippen molar-refractivity contribution in [2.45, 2.75) is 154 Å². The maximum Gasteiger partial charge on any atom is 0.407 e. The van der Waals surface area contributed by atoms with Crippen molar-refractivity contribution in [1.82, 2.24) is 16.0 Å². The average Bonchev–Trinajstić information content (AvgIpc) is 3.46. The molecule has 0 aliphatic heterocycles. The number of unbranched alkanes of at least 4 members (excludes halogenated alkanes) is 13. The normalized spacial score (nSPS) is 12.6. The number of fused-ring (bicyclic) bond motifs is 3. The minimum Gasteiger partial charge on any atom is -0.480 e. The molecule has 0 fully saturated rings. The van der Waals surface area contributed by atoms with E-state index in [1.165, 1.54) is 51.4 Å². The lowest BCUT2D eigenvalue weighted by molar-refractivity contribution is -0.155. The summed E-state index contributed by atoms with van der Waals surface area (Å²) in [5, 5.41) is 17.4. The van der Waals surface area contributed by atoms with Gasteiger partial charge in [0.2, 0.25) is 11.8 Å². The Morgan fingerprint density at radius 3 is 1.62 bits per heavy atom. The maximum absolute atomic E-state index is 12.4. The summed E-state index contributed by atoms with van der Waals surface area (Å²) < 4.78 is 10.8. The van der Waals surface area contributed by atoms with E-state index in [0.29, 0.717) is 12.8 Å². The van der Waals surface area contributed by atoms with Gasteiger partial charge in [-0.05, 0) is 62.3 Å². The van der Waals surface area contributed by atoms with E-state index in [-0.39, 0.29) is 62.7 Å². The number of aliphatic carboxylic acids is 1. The van der Waals surface area contributed by atoms with Gasteiger partial charge in [-0.2, -0.15) is 0 Å². The van der Waals surface area contributed by atoms with E-state index in [2.05, 4.69) is 28.1 Å². The number of rotatable bonds is 27. The molecule has 0 radical (unpaired) electrons. The number of carboxylic acid groups (broad SMARTS) is 1. The Balaban J connectivity index is 1.13. The molecule has 1 atom stereocenters. The van der Waals surface area contributed by atoms with Crippen molar-refractivity contribution in [2.75, 3.05) is 19.7 Å². The second kappa shape index (κ2) is 24.9. The fourth-order valence-corrected chi connectivity index (χ4v) is 6.97. The Hall–Kier alpha value is -4.41. The predicted octanol–water partition coefficient (Wildman–Crippen LogP) is 8.57. The third-order valence-corrected chi connectivity index (χ3v) is 9.81. The van der Waals surface area contributed by atoms with Gasteiger partial charge in [0.15, 0.2) is 0 Å². The Morgan fingerprint density at radius 2 is 1.11 bits per heavy atom. The van der Waals surface area contributed by atoms with Crippen molar-refractivity contribution in [1.29, 1.82) is 0 Å². The number of esters is 1. The van der Waals surface area contributed by atoms with Crippen LogP contribution in [0.25, 0.3) is 11.1 Å². The summed E-state index contributed by atoms with van der Waals surface area (Å²) >= 11 is 0. The number of amides is 3. The van der Waals surface area contributed by atoms with E-state index in [1.807, 2.05) is 57.2 Å². The fourth-order valence-electron chi connectivity index (χ4n) is 6.97. The Morgan fingerprint density at radius 1 is 0.636 bits per heavy atom. The standard InChI is InChI=1S/C44H65N3O8/c1-44(2,3)55-41(50)27-17-15-13-11-9-7-5-4-6-8-10-12-14-16-26-40(49)47-38(42(51)52)28-29-39(48)45-30-31-46-43(53)54-32-37-35-24-20-18-22-33(35)34-23-19-21-25-36(34)37/h18-25,37-38H,4-17,26-32H2,1-3H3,(H,45,48)(H,46,53)(H,47,49)(H,51,52). The first-order valence-electron chi connectivity index (χ1n) is 20.5. The van der Waals surface area contributed by atoms with Crippen molar-refractivity contribution in [2.24, 2.45) is 0 Å². The number of ether oxygens (including phenoxy) is 2. The summed E-state index contributed by atoms with van der Waals surface area (Å²) in [6.07, 6.45) is 15.7. The minimum atomic E-state index is -1.17. The molecule has 0 saturated carbocycles. The van der Waals surface area contributed by atoms with Crippen LogP contribution >= 0.6 is 0 Å². The number of hydrogen-bond donors (Lipinski definition) is 4. The zero-order valence-corrected chi connectivity index (χ0v) is 33.4. The summed E-state index contributed by atoms with van der Waals surface area (Å²) in [5.74, 6) is -2.00. The predicted molar refractivity (Wildman–Crippen MR) is 215 cm³/mol. The van der Waals surface area contributed by atoms with E-state index in [9.17, 15) is 29.1 Å². The molecule has 2 aromatic carbocycles. The lowest BCUT2D eigenvalue weighted by atomic mass is 9.98. The molecule has 1 aliphatic rings. The van der Waals surface area contributed by atoms with Crippen molar-refractivity contribution >= 4 is 29.8 Å². The fraction of sp³-hybridized carbons (Fsp3) is 0.614. The molecule has 0 spiro atoms. The zero-order chi connectivity index (χ0) is 39.9. The number of benzene rings is 2. The SMILES string of the molecule is CC(C)(C)OC(=O)CCCCCCCCCCCCCCCCC(=O)NC(CCC(=O)NCCNC(=O)OCC1c2ccccc2-c2ccccc21)C(=O)O. The zero-order valence-electron chi connectivity index (χ0n) is 33.4. The van der Waals surface area contributed by atoms with E-state index in [1.54, 1.807) is 0 Å². The van der Waals surface area contributed by atoms with Crippen LogP contribution in [0.4, 0.5) is 4.79 Å². The summed E-state index contributed by atoms with van der Waals surface area (Å²) in [5.41, 5.74) is 4.13. The first-order valence-corrected chi connectivity index (χ1v) is 20.5. The Bertz CT molecular complexity index is 1460. The molecule has 0 bridgehead atoms. The molecule has 2 aromatic rings. The molecule has 0 heterocycles. The van der Waals surface area contributed by atoms with Gasteiger partial charge < -0.3 is 30.5 Å². The first-order chi connectivity index (χ1) is 26.4. The largest absolute Gasteiger partial charge is 0.480 e. The molecule has 4 N–H and O–H groups in total. The van der Waals surface area contributed by atoms with Crippen molar-refractivity contribution < 1.29 is 38.6 Å². The van der Waals surface area contributed by atoms with Crippen molar-refractivity contribution in [3.8, 4) is 11.1 Å². The van der Waals surface area contributed by atoms with Crippen LogP contribution in [0.5, 0.6) is 0 Å². The van der Waals surface area contributed by atoms with Crippen LogP contribution in [0, 0.1) is 0 Å². The van der Waals surface area contributed by atoms with Gasteiger partial charge in [0.05, 0.1) is 0 Å². The minimum absolute atomic E-state index is 0.0252. The van der Waals surface area contributed by atoms with E-state index >= 15 is 0 Å². The second-order valence-corrected chi connectivity index (χ2v) is 15.6. The summed E-state index contributed by atoms with van der Waals surface area (Å²) in [4.78, 5) is 60.6. The highest BCUT2D eigenvalue weighted by molar-refractivity contribution is 5.84. The molecule has 0 aromatic heterocycles.